The van der Waals surface area contributed by atoms with E-state index in [4.69, 9.17) is 11.5 Å². The minimum absolute atomic E-state index is 0.0103. The molecule has 4 aliphatic rings. The molecule has 0 saturated carbocycles. The van der Waals surface area contributed by atoms with Gasteiger partial charge in [0.1, 0.15) is 0 Å². The molecule has 2 bridgehead atoms. The van der Waals surface area contributed by atoms with E-state index >= 15 is 0 Å². The summed E-state index contributed by atoms with van der Waals surface area (Å²) in [5, 5.41) is 0. The van der Waals surface area contributed by atoms with Crippen LogP contribution in [0.3, 0.4) is 0 Å². The molecule has 1 fully saturated rings. The van der Waals surface area contributed by atoms with Crippen LogP contribution in [0.25, 0.3) is 22.3 Å². The van der Waals surface area contributed by atoms with Crippen LogP contribution in [0.1, 0.15) is 39.7 Å². The molecule has 3 aliphatic carbocycles. The first-order chi connectivity index (χ1) is 21.6. The van der Waals surface area contributed by atoms with Crippen LogP contribution in [0.4, 0.5) is 30.2 Å². The number of alkyl halides is 3. The molecule has 5 aromatic carbocycles. The number of halogens is 3. The van der Waals surface area contributed by atoms with Gasteiger partial charge < -0.3 is 11.5 Å². The van der Waals surface area contributed by atoms with Gasteiger partial charge in [0.2, 0.25) is 11.8 Å². The first-order valence-electron chi connectivity index (χ1n) is 14.7. The molecule has 4 atom stereocenters. The number of rotatable bonds is 3. The third kappa shape index (κ3) is 4.01. The number of benzene rings is 5. The predicted molar refractivity (Wildman–Crippen MR) is 167 cm³/mol. The number of amides is 2. The lowest BCUT2D eigenvalue weighted by atomic mass is 9.54. The molecule has 1 saturated heterocycles. The zero-order chi connectivity index (χ0) is 31.2. The Kier molecular flexibility index (Phi) is 5.78. The van der Waals surface area contributed by atoms with E-state index in [1.807, 2.05) is 48.5 Å². The Morgan fingerprint density at radius 3 is 1.69 bits per heavy atom. The number of anilines is 3. The van der Waals surface area contributed by atoms with Gasteiger partial charge in [-0.05, 0) is 80.9 Å². The molecule has 45 heavy (non-hydrogen) atoms. The average molecular weight is 602 g/mol. The van der Waals surface area contributed by atoms with Crippen LogP contribution >= 0.6 is 0 Å². The molecule has 4 N–H and O–H groups in total. The van der Waals surface area contributed by atoms with Gasteiger partial charge in [0, 0.05) is 23.2 Å². The summed E-state index contributed by atoms with van der Waals surface area (Å²) in [6.45, 7) is 0. The van der Waals surface area contributed by atoms with E-state index < -0.39 is 35.4 Å². The van der Waals surface area contributed by atoms with E-state index in [0.29, 0.717) is 16.9 Å². The molecular formula is C37H26F3N3O2. The van der Waals surface area contributed by atoms with Crippen LogP contribution in [0.2, 0.25) is 0 Å². The molecule has 5 aromatic rings. The fraction of sp³-hybridized carbons (Fsp3) is 0.135. The summed E-state index contributed by atoms with van der Waals surface area (Å²) in [4.78, 5) is 29.7. The summed E-state index contributed by atoms with van der Waals surface area (Å²) >= 11 is 0. The Balaban J connectivity index is 1.33. The fourth-order valence-electron chi connectivity index (χ4n) is 7.68. The molecule has 9 rings (SSSR count). The lowest BCUT2D eigenvalue weighted by Crippen LogP contribution is -2.41. The first-order valence-corrected chi connectivity index (χ1v) is 14.7. The summed E-state index contributed by atoms with van der Waals surface area (Å²) in [5.41, 5.74) is 17.8. The van der Waals surface area contributed by atoms with Crippen molar-refractivity contribution in [2.45, 2.75) is 18.0 Å². The molecule has 222 valence electrons. The third-order valence-corrected chi connectivity index (χ3v) is 9.55. The summed E-state index contributed by atoms with van der Waals surface area (Å²) in [5.74, 6) is -2.85. The van der Waals surface area contributed by atoms with Gasteiger partial charge in [0.15, 0.2) is 0 Å². The highest BCUT2D eigenvalue weighted by Gasteiger charge is 2.62. The van der Waals surface area contributed by atoms with Crippen molar-refractivity contribution in [1.82, 2.24) is 0 Å². The molecule has 0 radical (unpaired) electrons. The Morgan fingerprint density at radius 2 is 1.09 bits per heavy atom. The summed E-state index contributed by atoms with van der Waals surface area (Å²) in [6, 6.07) is 31.5. The molecule has 8 heteroatoms. The van der Waals surface area contributed by atoms with Crippen LogP contribution in [0.15, 0.2) is 109 Å². The number of hydrogen-bond acceptors (Lipinski definition) is 4. The largest absolute Gasteiger partial charge is 0.417 e. The number of para-hydroxylation sites is 1. The minimum Gasteiger partial charge on any atom is -0.399 e. The van der Waals surface area contributed by atoms with Crippen LogP contribution in [0, 0.1) is 11.8 Å². The van der Waals surface area contributed by atoms with E-state index in [1.165, 1.54) is 17.0 Å². The Bertz CT molecular complexity index is 2040. The number of carbonyl (C=O) groups excluding carboxylic acids is 2. The molecule has 1 aliphatic heterocycles. The van der Waals surface area contributed by atoms with Crippen molar-refractivity contribution < 1.29 is 22.8 Å². The standard InChI is InChI=1S/C37H26F3N3O2/c38-37(39,40)30-18-23(42)12-15-25(30)21-9-14-27-29(17-21)32-26-13-8-20(19-6-10-22(41)11-7-19)16-28(26)31(27)33-34(32)36(45)43(35(33)44)24-4-2-1-3-5-24/h1-18,31-34H,41-42H2. The van der Waals surface area contributed by atoms with Crippen molar-refractivity contribution in [2.24, 2.45) is 11.8 Å². The van der Waals surface area contributed by atoms with Gasteiger partial charge in [-0.2, -0.15) is 13.2 Å². The second-order valence-corrected chi connectivity index (χ2v) is 12.0. The van der Waals surface area contributed by atoms with E-state index in [1.54, 1.807) is 36.4 Å². The number of nitrogen functional groups attached to an aromatic ring is 2. The Hall–Kier alpha value is -5.37. The smallest absolute Gasteiger partial charge is 0.399 e. The Labute approximate surface area is 256 Å². The predicted octanol–water partition coefficient (Wildman–Crippen LogP) is 7.60. The van der Waals surface area contributed by atoms with Crippen LogP contribution in [-0.2, 0) is 15.8 Å². The fourth-order valence-corrected chi connectivity index (χ4v) is 7.68. The number of nitrogens with zero attached hydrogens (tertiary/aromatic N) is 1. The van der Waals surface area contributed by atoms with E-state index in [2.05, 4.69) is 6.07 Å². The van der Waals surface area contributed by atoms with Gasteiger partial charge >= 0.3 is 6.18 Å². The molecule has 0 aromatic heterocycles. The topological polar surface area (TPSA) is 89.4 Å². The number of hydrogen-bond donors (Lipinski definition) is 2. The van der Waals surface area contributed by atoms with Gasteiger partial charge in [-0.3, -0.25) is 9.59 Å². The highest BCUT2D eigenvalue weighted by atomic mass is 19.4. The van der Waals surface area contributed by atoms with Gasteiger partial charge in [-0.15, -0.1) is 0 Å². The second-order valence-electron chi connectivity index (χ2n) is 12.0. The summed E-state index contributed by atoms with van der Waals surface area (Å²) in [7, 11) is 0. The van der Waals surface area contributed by atoms with Gasteiger partial charge in [-0.25, -0.2) is 4.90 Å². The van der Waals surface area contributed by atoms with Crippen molar-refractivity contribution >= 4 is 28.9 Å². The molecule has 2 amide bonds. The third-order valence-electron chi connectivity index (χ3n) is 9.55. The zero-order valence-corrected chi connectivity index (χ0v) is 23.8. The lowest BCUT2D eigenvalue weighted by Gasteiger charge is -2.46. The van der Waals surface area contributed by atoms with Gasteiger partial charge in [-0.1, -0.05) is 72.8 Å². The van der Waals surface area contributed by atoms with E-state index in [-0.39, 0.29) is 23.1 Å². The highest BCUT2D eigenvalue weighted by molar-refractivity contribution is 6.23. The average Bonchev–Trinajstić information content (AvgIpc) is 3.30. The molecular weight excluding hydrogens is 575 g/mol. The molecule has 0 spiro atoms. The van der Waals surface area contributed by atoms with Crippen molar-refractivity contribution in [3.8, 4) is 22.3 Å². The van der Waals surface area contributed by atoms with Crippen molar-refractivity contribution in [3.05, 3.63) is 137 Å². The van der Waals surface area contributed by atoms with Crippen molar-refractivity contribution in [3.63, 3.8) is 0 Å². The molecule has 1 heterocycles. The zero-order valence-electron chi connectivity index (χ0n) is 23.8. The van der Waals surface area contributed by atoms with Crippen LogP contribution < -0.4 is 16.4 Å². The van der Waals surface area contributed by atoms with Crippen LogP contribution in [0.5, 0.6) is 0 Å². The number of nitrogens with two attached hydrogens (primary N) is 2. The van der Waals surface area contributed by atoms with Crippen LogP contribution in [-0.4, -0.2) is 11.8 Å². The first kappa shape index (κ1) is 27.2. The summed E-state index contributed by atoms with van der Waals surface area (Å²) in [6.07, 6.45) is -4.61. The van der Waals surface area contributed by atoms with Crippen molar-refractivity contribution in [2.75, 3.05) is 16.4 Å². The van der Waals surface area contributed by atoms with E-state index in [0.717, 1.165) is 39.4 Å². The maximum atomic E-state index is 14.2. The number of carbonyl (C=O) groups is 2. The number of imide groups is 1. The van der Waals surface area contributed by atoms with E-state index in [9.17, 15) is 22.8 Å². The van der Waals surface area contributed by atoms with Gasteiger partial charge in [0.05, 0.1) is 23.1 Å². The normalized spacial score (nSPS) is 21.4. The van der Waals surface area contributed by atoms with Crippen molar-refractivity contribution in [1.29, 1.82) is 0 Å². The minimum atomic E-state index is -4.61. The lowest BCUT2D eigenvalue weighted by molar-refractivity contribution is -0.137. The maximum Gasteiger partial charge on any atom is 0.417 e. The summed E-state index contributed by atoms with van der Waals surface area (Å²) < 4.78 is 42.4. The monoisotopic (exact) mass is 601 g/mol. The maximum absolute atomic E-state index is 14.2. The highest BCUT2D eigenvalue weighted by Crippen LogP contribution is 2.62. The molecule has 4 unspecified atom stereocenters. The Morgan fingerprint density at radius 1 is 0.556 bits per heavy atom. The molecule has 5 nitrogen and oxygen atoms in total. The SMILES string of the molecule is Nc1ccc(-c2ccc3c(c2)C2c4ccc(-c5ccc(N)cc5C(F)(F)F)cc4C3C3C(=O)N(c4ccccc4)C(=O)C23)cc1. The quantitative estimate of drug-likeness (QED) is 0.165. The second kappa shape index (κ2) is 9.56. The van der Waals surface area contributed by atoms with Gasteiger partial charge in [0.25, 0.3) is 0 Å².